The van der Waals surface area contributed by atoms with Crippen LogP contribution in [0.5, 0.6) is 17.2 Å². The molecule has 0 bridgehead atoms. The molecule has 0 aliphatic carbocycles. The molecule has 2 aromatic carbocycles. The summed E-state index contributed by atoms with van der Waals surface area (Å²) < 4.78 is 81.1. The Balaban J connectivity index is 1.71. The molecule has 0 fully saturated rings. The Bertz CT molecular complexity index is 1160. The molecule has 11 heteroatoms. The van der Waals surface area contributed by atoms with Gasteiger partial charge in [-0.05, 0) is 12.1 Å². The SMILES string of the molecule is COc1ccc2c(S(=O)(=O)Nc3cc4c(cc3F)OC(F)(F)O4)c[nH]c2c1. The lowest BCUT2D eigenvalue weighted by atomic mass is 10.2. The number of anilines is 1. The number of sulfonamides is 1. The molecule has 142 valence electrons. The van der Waals surface area contributed by atoms with E-state index in [0.29, 0.717) is 22.7 Å². The number of H-pyrrole nitrogens is 1. The number of benzene rings is 2. The number of halogens is 3. The molecule has 7 nitrogen and oxygen atoms in total. The Kier molecular flexibility index (Phi) is 3.67. The zero-order chi connectivity index (χ0) is 19.4. The van der Waals surface area contributed by atoms with E-state index in [0.717, 1.165) is 6.07 Å². The summed E-state index contributed by atoms with van der Waals surface area (Å²) in [5, 5.41) is 0.344. The molecule has 0 unspecified atom stereocenters. The molecule has 1 aromatic heterocycles. The van der Waals surface area contributed by atoms with Crippen molar-refractivity contribution in [3.8, 4) is 17.2 Å². The van der Waals surface area contributed by atoms with E-state index in [9.17, 15) is 21.6 Å². The van der Waals surface area contributed by atoms with Crippen molar-refractivity contribution in [2.45, 2.75) is 11.2 Å². The molecule has 1 aliphatic rings. The number of aromatic nitrogens is 1. The normalized spacial score (nSPS) is 15.1. The fourth-order valence-corrected chi connectivity index (χ4v) is 3.91. The summed E-state index contributed by atoms with van der Waals surface area (Å²) in [5.41, 5.74) is -0.0709. The first-order valence-electron chi connectivity index (χ1n) is 7.46. The number of hydrogen-bond acceptors (Lipinski definition) is 5. The van der Waals surface area contributed by atoms with Crippen molar-refractivity contribution in [1.29, 1.82) is 0 Å². The van der Waals surface area contributed by atoms with Crippen LogP contribution in [0.1, 0.15) is 0 Å². The lowest BCUT2D eigenvalue weighted by Gasteiger charge is -2.09. The summed E-state index contributed by atoms with van der Waals surface area (Å²) in [6, 6.07) is 6.10. The molecule has 0 radical (unpaired) electrons. The van der Waals surface area contributed by atoms with Crippen LogP contribution in [0.3, 0.4) is 0 Å². The molecule has 27 heavy (non-hydrogen) atoms. The first kappa shape index (κ1) is 17.3. The minimum Gasteiger partial charge on any atom is -0.497 e. The van der Waals surface area contributed by atoms with Gasteiger partial charge in [0.2, 0.25) is 0 Å². The molecule has 2 heterocycles. The molecule has 0 amide bonds. The molecule has 0 atom stereocenters. The maximum atomic E-state index is 14.1. The zero-order valence-corrected chi connectivity index (χ0v) is 14.4. The molecule has 3 aromatic rings. The van der Waals surface area contributed by atoms with Gasteiger partial charge in [-0.15, -0.1) is 8.78 Å². The van der Waals surface area contributed by atoms with Crippen LogP contribution in [-0.4, -0.2) is 26.8 Å². The fourth-order valence-electron chi connectivity index (χ4n) is 2.68. The first-order chi connectivity index (χ1) is 12.7. The van der Waals surface area contributed by atoms with Gasteiger partial charge in [0.25, 0.3) is 10.0 Å². The first-order valence-corrected chi connectivity index (χ1v) is 8.94. The Morgan fingerprint density at radius 2 is 1.85 bits per heavy atom. The maximum absolute atomic E-state index is 14.1. The van der Waals surface area contributed by atoms with Crippen molar-refractivity contribution in [2.24, 2.45) is 0 Å². The average molecular weight is 400 g/mol. The highest BCUT2D eigenvalue weighted by Gasteiger charge is 2.44. The van der Waals surface area contributed by atoms with Crippen LogP contribution in [0.2, 0.25) is 0 Å². The smallest absolute Gasteiger partial charge is 0.497 e. The summed E-state index contributed by atoms with van der Waals surface area (Å²) >= 11 is 0. The van der Waals surface area contributed by atoms with Crippen molar-refractivity contribution < 1.29 is 35.8 Å². The van der Waals surface area contributed by atoms with Gasteiger partial charge in [0.1, 0.15) is 10.6 Å². The second kappa shape index (κ2) is 5.71. The molecule has 2 N–H and O–H groups in total. The third kappa shape index (κ3) is 2.99. The van der Waals surface area contributed by atoms with Crippen LogP contribution < -0.4 is 18.9 Å². The Hall–Kier alpha value is -3.08. The molecule has 0 spiro atoms. The van der Waals surface area contributed by atoms with Crippen LogP contribution in [0.25, 0.3) is 10.9 Å². The van der Waals surface area contributed by atoms with Crippen molar-refractivity contribution in [1.82, 2.24) is 4.98 Å². The third-order valence-electron chi connectivity index (χ3n) is 3.88. The lowest BCUT2D eigenvalue weighted by molar-refractivity contribution is -0.286. The van der Waals surface area contributed by atoms with Gasteiger partial charge in [-0.25, -0.2) is 12.8 Å². The van der Waals surface area contributed by atoms with Gasteiger partial charge in [-0.3, -0.25) is 4.72 Å². The average Bonchev–Trinajstić information content (AvgIpc) is 3.13. The summed E-state index contributed by atoms with van der Waals surface area (Å²) in [5.74, 6) is -1.59. The summed E-state index contributed by atoms with van der Waals surface area (Å²) in [4.78, 5) is 2.63. The van der Waals surface area contributed by atoms with Crippen LogP contribution >= 0.6 is 0 Å². The predicted molar refractivity (Wildman–Crippen MR) is 88.3 cm³/mol. The number of aromatic amines is 1. The van der Waals surface area contributed by atoms with Crippen molar-refractivity contribution in [3.63, 3.8) is 0 Å². The van der Waals surface area contributed by atoms with E-state index >= 15 is 0 Å². The number of hydrogen-bond donors (Lipinski definition) is 2. The van der Waals surface area contributed by atoms with Crippen molar-refractivity contribution in [3.05, 3.63) is 42.3 Å². The standard InChI is InChI=1S/C16H11F3N2O5S/c1-24-8-2-3-9-11(4-8)20-7-15(9)27(22,23)21-12-6-14-13(5-10(12)17)25-16(18,19)26-14/h2-7,20-21H,1H3. The maximum Gasteiger partial charge on any atom is 0.586 e. The number of rotatable bonds is 4. The predicted octanol–water partition coefficient (Wildman–Crippen LogP) is 3.44. The number of nitrogens with one attached hydrogen (secondary N) is 2. The molecule has 0 saturated heterocycles. The van der Waals surface area contributed by atoms with Gasteiger partial charge in [-0.2, -0.15) is 0 Å². The lowest BCUT2D eigenvalue weighted by Crippen LogP contribution is -2.25. The van der Waals surface area contributed by atoms with Gasteiger partial charge in [0.15, 0.2) is 17.3 Å². The third-order valence-corrected chi connectivity index (χ3v) is 5.28. The Labute approximate surface area is 150 Å². The van der Waals surface area contributed by atoms with E-state index in [1.807, 2.05) is 4.72 Å². The molecular weight excluding hydrogens is 389 g/mol. The van der Waals surface area contributed by atoms with E-state index in [2.05, 4.69) is 14.5 Å². The number of fused-ring (bicyclic) bond motifs is 2. The Morgan fingerprint density at radius 3 is 2.56 bits per heavy atom. The topological polar surface area (TPSA) is 89.7 Å². The quantitative estimate of drug-likeness (QED) is 0.700. The van der Waals surface area contributed by atoms with E-state index in [4.69, 9.17) is 4.74 Å². The minimum absolute atomic E-state index is 0.150. The second-order valence-corrected chi connectivity index (χ2v) is 7.27. The number of methoxy groups -OCH3 is 1. The highest BCUT2D eigenvalue weighted by molar-refractivity contribution is 7.93. The summed E-state index contributed by atoms with van der Waals surface area (Å²) in [6.45, 7) is 0. The summed E-state index contributed by atoms with van der Waals surface area (Å²) in [6.07, 6.45) is -2.71. The van der Waals surface area contributed by atoms with Crippen molar-refractivity contribution in [2.75, 3.05) is 11.8 Å². The minimum atomic E-state index is -4.23. The molecule has 4 rings (SSSR count). The highest BCUT2D eigenvalue weighted by Crippen LogP contribution is 2.43. The number of ether oxygens (including phenoxy) is 3. The van der Waals surface area contributed by atoms with Crippen molar-refractivity contribution >= 4 is 26.6 Å². The van der Waals surface area contributed by atoms with Crippen LogP contribution in [-0.2, 0) is 10.0 Å². The van der Waals surface area contributed by atoms with Gasteiger partial charge >= 0.3 is 6.29 Å². The fraction of sp³-hybridized carbons (Fsp3) is 0.125. The van der Waals surface area contributed by atoms with Crippen LogP contribution in [0.4, 0.5) is 18.9 Å². The monoisotopic (exact) mass is 400 g/mol. The molecular formula is C16H11F3N2O5S. The Morgan fingerprint density at radius 1 is 1.15 bits per heavy atom. The molecule has 0 saturated carbocycles. The zero-order valence-electron chi connectivity index (χ0n) is 13.5. The largest absolute Gasteiger partial charge is 0.586 e. The van der Waals surface area contributed by atoms with E-state index < -0.39 is 39.3 Å². The summed E-state index contributed by atoms with van der Waals surface area (Å²) in [7, 11) is -2.76. The van der Waals surface area contributed by atoms with E-state index in [1.54, 1.807) is 12.1 Å². The van der Waals surface area contributed by atoms with Crippen LogP contribution in [0, 0.1) is 5.82 Å². The molecule has 1 aliphatic heterocycles. The van der Waals surface area contributed by atoms with Crippen LogP contribution in [0.15, 0.2) is 41.4 Å². The van der Waals surface area contributed by atoms with Gasteiger partial charge in [-0.1, -0.05) is 0 Å². The highest BCUT2D eigenvalue weighted by atomic mass is 32.2. The second-order valence-electron chi connectivity index (χ2n) is 5.62. The van der Waals surface area contributed by atoms with Gasteiger partial charge < -0.3 is 19.2 Å². The van der Waals surface area contributed by atoms with Gasteiger partial charge in [0, 0.05) is 29.8 Å². The van der Waals surface area contributed by atoms with E-state index in [-0.39, 0.29) is 4.90 Å². The van der Waals surface area contributed by atoms with Gasteiger partial charge in [0.05, 0.1) is 18.3 Å². The van der Waals surface area contributed by atoms with E-state index in [1.165, 1.54) is 19.4 Å². The number of alkyl halides is 2.